The van der Waals surface area contributed by atoms with Gasteiger partial charge in [-0.15, -0.1) is 11.6 Å². The highest BCUT2D eigenvalue weighted by Gasteiger charge is 2.59. The van der Waals surface area contributed by atoms with Crippen molar-refractivity contribution in [2.75, 3.05) is 0 Å². The van der Waals surface area contributed by atoms with Crippen LogP contribution in [0.4, 0.5) is 4.39 Å². The molecular formula is C21H30ClF. The zero-order valence-corrected chi connectivity index (χ0v) is 15.5. The van der Waals surface area contributed by atoms with E-state index in [0.29, 0.717) is 23.7 Å². The first-order valence-electron chi connectivity index (χ1n) is 9.62. The predicted octanol–water partition coefficient (Wildman–Crippen LogP) is 6.66. The van der Waals surface area contributed by atoms with Crippen molar-refractivity contribution in [3.8, 4) is 0 Å². The number of hydrogen-bond acceptors (Lipinski definition) is 0. The average Bonchev–Trinajstić information content (AvgIpc) is 2.83. The molecule has 128 valence electrons. The Morgan fingerprint density at radius 1 is 1.22 bits per heavy atom. The second kappa shape index (κ2) is 5.35. The van der Waals surface area contributed by atoms with Crippen molar-refractivity contribution < 1.29 is 4.39 Å². The molecule has 0 nitrogen and oxygen atoms in total. The molecule has 0 radical (unpaired) electrons. The normalized spacial score (nSPS) is 52.1. The van der Waals surface area contributed by atoms with Gasteiger partial charge in [-0.2, -0.15) is 0 Å². The molecule has 1 unspecified atom stereocenters. The van der Waals surface area contributed by atoms with Crippen LogP contribution in [-0.2, 0) is 0 Å². The molecule has 0 amide bonds. The molecule has 0 spiro atoms. The van der Waals surface area contributed by atoms with Crippen molar-refractivity contribution in [1.82, 2.24) is 0 Å². The van der Waals surface area contributed by atoms with Gasteiger partial charge >= 0.3 is 0 Å². The lowest BCUT2D eigenvalue weighted by Crippen LogP contribution is -2.52. The van der Waals surface area contributed by atoms with Crippen LogP contribution < -0.4 is 0 Å². The molecule has 3 saturated carbocycles. The van der Waals surface area contributed by atoms with Gasteiger partial charge in [-0.3, -0.25) is 0 Å². The first-order chi connectivity index (χ1) is 10.9. The van der Waals surface area contributed by atoms with E-state index >= 15 is 0 Å². The standard InChI is InChI=1S/C21H30ClF/c1-4-13-7-8-15-14-12-17(22)19-18(23)6-5-10-21(19,3)16(14)9-11-20(13,15)2/h5,10,13-17H,4,6-9,11-12H2,1-3H3/t13-,14-,15-,16-,17?,20+,21+/m0/s1. The van der Waals surface area contributed by atoms with Gasteiger partial charge in [0.2, 0.25) is 0 Å². The highest BCUT2D eigenvalue weighted by Crippen LogP contribution is 2.67. The lowest BCUT2D eigenvalue weighted by molar-refractivity contribution is -0.0343. The Labute approximate surface area is 145 Å². The van der Waals surface area contributed by atoms with E-state index in [2.05, 4.69) is 26.8 Å². The molecular weight excluding hydrogens is 307 g/mol. The van der Waals surface area contributed by atoms with E-state index in [1.165, 1.54) is 32.1 Å². The number of halogens is 2. The minimum atomic E-state index is -0.136. The van der Waals surface area contributed by atoms with Crippen molar-refractivity contribution in [3.63, 3.8) is 0 Å². The van der Waals surface area contributed by atoms with E-state index in [9.17, 15) is 4.39 Å². The van der Waals surface area contributed by atoms with Crippen LogP contribution in [0.2, 0.25) is 0 Å². The van der Waals surface area contributed by atoms with Crippen LogP contribution in [0.1, 0.15) is 65.7 Å². The first-order valence-corrected chi connectivity index (χ1v) is 10.1. The maximum atomic E-state index is 14.6. The van der Waals surface area contributed by atoms with E-state index in [-0.39, 0.29) is 16.6 Å². The Kier molecular flexibility index (Phi) is 3.76. The molecule has 0 heterocycles. The SMILES string of the molecule is CC[C@H]1CC[C@H]2[C@@H]3CC(Cl)C4=C(F)CC=C[C@]4(C)[C@H]3CC[C@]12C. The van der Waals surface area contributed by atoms with Gasteiger partial charge < -0.3 is 0 Å². The van der Waals surface area contributed by atoms with E-state index in [1.54, 1.807) is 0 Å². The summed E-state index contributed by atoms with van der Waals surface area (Å²) in [7, 11) is 0. The van der Waals surface area contributed by atoms with Crippen LogP contribution in [-0.4, -0.2) is 5.38 Å². The summed E-state index contributed by atoms with van der Waals surface area (Å²) < 4.78 is 14.6. The average molecular weight is 337 g/mol. The van der Waals surface area contributed by atoms with Gasteiger partial charge in [0, 0.05) is 11.8 Å². The molecule has 4 aliphatic carbocycles. The largest absolute Gasteiger partial charge is 0.211 e. The molecule has 0 aromatic rings. The van der Waals surface area contributed by atoms with Gasteiger partial charge in [-0.1, -0.05) is 39.3 Å². The van der Waals surface area contributed by atoms with E-state index in [1.807, 2.05) is 6.08 Å². The summed E-state index contributed by atoms with van der Waals surface area (Å²) >= 11 is 6.77. The lowest BCUT2D eigenvalue weighted by atomic mass is 9.47. The third kappa shape index (κ3) is 2.08. The predicted molar refractivity (Wildman–Crippen MR) is 95.1 cm³/mol. The molecule has 4 rings (SSSR count). The molecule has 0 aromatic heterocycles. The molecule has 4 aliphatic rings. The zero-order valence-electron chi connectivity index (χ0n) is 14.7. The van der Waals surface area contributed by atoms with Gasteiger partial charge in [0.15, 0.2) is 0 Å². The molecule has 3 fully saturated rings. The Morgan fingerprint density at radius 3 is 2.74 bits per heavy atom. The Hall–Kier alpha value is -0.300. The first kappa shape index (κ1) is 16.2. The summed E-state index contributed by atoms with van der Waals surface area (Å²) in [6.45, 7) is 7.17. The van der Waals surface area contributed by atoms with Crippen LogP contribution >= 0.6 is 11.6 Å². The van der Waals surface area contributed by atoms with Crippen molar-refractivity contribution in [2.24, 2.45) is 34.5 Å². The van der Waals surface area contributed by atoms with Crippen molar-refractivity contribution >= 4 is 11.6 Å². The van der Waals surface area contributed by atoms with Gasteiger partial charge in [-0.25, -0.2) is 4.39 Å². The molecule has 23 heavy (non-hydrogen) atoms. The minimum Gasteiger partial charge on any atom is -0.211 e. The Balaban J connectivity index is 1.73. The topological polar surface area (TPSA) is 0 Å². The fraction of sp³-hybridized carbons (Fsp3) is 0.810. The highest BCUT2D eigenvalue weighted by molar-refractivity contribution is 6.22. The van der Waals surface area contributed by atoms with E-state index in [0.717, 1.165) is 23.8 Å². The smallest absolute Gasteiger partial charge is 0.105 e. The second-order valence-electron chi connectivity index (χ2n) is 9.01. The molecule has 0 bridgehead atoms. The van der Waals surface area contributed by atoms with Crippen molar-refractivity contribution in [1.29, 1.82) is 0 Å². The molecule has 0 saturated heterocycles. The summed E-state index contributed by atoms with van der Waals surface area (Å²) in [6, 6.07) is 0. The molecule has 0 N–H and O–H groups in total. The second-order valence-corrected chi connectivity index (χ2v) is 9.54. The number of rotatable bonds is 1. The number of fused-ring (bicyclic) bond motifs is 5. The van der Waals surface area contributed by atoms with Crippen LogP contribution in [0.3, 0.4) is 0 Å². The summed E-state index contributed by atoms with van der Waals surface area (Å²) in [5.41, 5.74) is 1.29. The third-order valence-electron chi connectivity index (χ3n) is 8.32. The quantitative estimate of drug-likeness (QED) is 0.371. The maximum absolute atomic E-state index is 14.6. The lowest BCUT2D eigenvalue weighted by Gasteiger charge is -2.58. The summed E-state index contributed by atoms with van der Waals surface area (Å²) in [6.07, 6.45) is 12.4. The van der Waals surface area contributed by atoms with Crippen molar-refractivity contribution in [3.05, 3.63) is 23.6 Å². The van der Waals surface area contributed by atoms with Gasteiger partial charge in [0.1, 0.15) is 5.83 Å². The monoisotopic (exact) mass is 336 g/mol. The number of hydrogen-bond donors (Lipinski definition) is 0. The van der Waals surface area contributed by atoms with Gasteiger partial charge in [0.25, 0.3) is 0 Å². The number of allylic oxidation sites excluding steroid dienone is 4. The summed E-state index contributed by atoms with van der Waals surface area (Å²) in [5.74, 6) is 3.00. The van der Waals surface area contributed by atoms with Gasteiger partial charge in [-0.05, 0) is 66.8 Å². The van der Waals surface area contributed by atoms with Crippen molar-refractivity contribution in [2.45, 2.75) is 71.1 Å². The molecule has 0 aliphatic heterocycles. The minimum absolute atomic E-state index is 0.0552. The Morgan fingerprint density at radius 2 is 2.00 bits per heavy atom. The molecule has 2 heteroatoms. The summed E-state index contributed by atoms with van der Waals surface area (Å²) in [5, 5.41) is -0.103. The summed E-state index contributed by atoms with van der Waals surface area (Å²) in [4.78, 5) is 0. The molecule has 7 atom stereocenters. The van der Waals surface area contributed by atoms with Crippen LogP contribution in [0.15, 0.2) is 23.6 Å². The van der Waals surface area contributed by atoms with Gasteiger partial charge in [0.05, 0.1) is 5.38 Å². The number of alkyl halides is 1. The fourth-order valence-electron chi connectivity index (χ4n) is 7.23. The van der Waals surface area contributed by atoms with Crippen LogP contribution in [0.5, 0.6) is 0 Å². The molecule has 0 aromatic carbocycles. The van der Waals surface area contributed by atoms with Crippen LogP contribution in [0, 0.1) is 34.5 Å². The third-order valence-corrected chi connectivity index (χ3v) is 8.72. The van der Waals surface area contributed by atoms with E-state index in [4.69, 9.17) is 11.6 Å². The van der Waals surface area contributed by atoms with Crippen LogP contribution in [0.25, 0.3) is 0 Å². The highest BCUT2D eigenvalue weighted by atomic mass is 35.5. The van der Waals surface area contributed by atoms with E-state index < -0.39 is 0 Å². The Bertz CT molecular complexity index is 564. The fourth-order valence-corrected chi connectivity index (χ4v) is 7.79. The maximum Gasteiger partial charge on any atom is 0.105 e. The zero-order chi connectivity index (χ0) is 16.4.